The molecule has 0 spiro atoms. The van der Waals surface area contributed by atoms with Crippen molar-refractivity contribution in [3.8, 4) is 67.9 Å². The van der Waals surface area contributed by atoms with Crippen LogP contribution in [0.2, 0.25) is 0 Å². The van der Waals surface area contributed by atoms with Gasteiger partial charge in [-0.1, -0.05) is 184 Å². The summed E-state index contributed by atoms with van der Waals surface area (Å²) in [5.74, 6) is 3.73. The largest absolute Gasteiger partial charge is 2.00 e. The Balaban J connectivity index is 0.00000736. The summed E-state index contributed by atoms with van der Waals surface area (Å²) in [4.78, 5) is 10.9. The van der Waals surface area contributed by atoms with Gasteiger partial charge in [-0.15, -0.1) is 47.5 Å². The molecule has 2 heterocycles. The second-order valence-corrected chi connectivity index (χ2v) is 28.2. The van der Waals surface area contributed by atoms with Crippen LogP contribution in [0.5, 0.6) is 11.5 Å². The molecule has 0 fully saturated rings. The average Bonchev–Trinajstić information content (AvgIpc) is 1.81. The maximum atomic E-state index is 6.87. The van der Waals surface area contributed by atoms with Gasteiger partial charge in [0.25, 0.3) is 0 Å². The number of para-hydroxylation sites is 4. The zero-order valence-corrected chi connectivity index (χ0v) is 54.8. The molecule has 2 aromatic heterocycles. The van der Waals surface area contributed by atoms with Gasteiger partial charge in [0.05, 0.1) is 33.7 Å². The van der Waals surface area contributed by atoms with Crippen molar-refractivity contribution in [3.05, 3.63) is 202 Å². The summed E-state index contributed by atoms with van der Waals surface area (Å²) < 4.78 is 11.7. The Kier molecular flexibility index (Phi) is 15.4. The maximum absolute atomic E-state index is 6.87. The van der Waals surface area contributed by atoms with Crippen LogP contribution in [-0.4, -0.2) is 19.1 Å². The Bertz CT molecular complexity index is 3830. The van der Waals surface area contributed by atoms with Crippen LogP contribution in [0.25, 0.3) is 78.5 Å². The molecule has 0 saturated heterocycles. The van der Waals surface area contributed by atoms with Crippen LogP contribution in [-0.2, 0) is 42.7 Å². The van der Waals surface area contributed by atoms with Crippen LogP contribution < -0.4 is 4.74 Å². The number of imidazole rings is 2. The van der Waals surface area contributed by atoms with E-state index in [1.54, 1.807) is 0 Å². The summed E-state index contributed by atoms with van der Waals surface area (Å²) in [7, 11) is 0. The van der Waals surface area contributed by atoms with E-state index in [1.165, 1.54) is 104 Å². The van der Waals surface area contributed by atoms with Gasteiger partial charge >= 0.3 is 21.1 Å². The second kappa shape index (κ2) is 21.9. The summed E-state index contributed by atoms with van der Waals surface area (Å²) >= 11 is 0. The van der Waals surface area contributed by atoms with Gasteiger partial charge in [-0.05, 0) is 186 Å². The number of fused-ring (bicyclic) bond motifs is 4. The van der Waals surface area contributed by atoms with E-state index in [9.17, 15) is 0 Å². The predicted octanol–water partition coefficient (Wildman–Crippen LogP) is 21.6. The molecule has 12 rings (SSSR count). The fraction of sp³-hybridized carbons (Fsp3) is 0.359. The molecule has 0 radical (unpaired) electrons. The first-order valence-corrected chi connectivity index (χ1v) is 30.8. The number of rotatable bonds is 12. The monoisotopic (exact) mass is 1290 g/mol. The molecule has 0 atom stereocenters. The maximum Gasteiger partial charge on any atom is 2.00 e. The van der Waals surface area contributed by atoms with Gasteiger partial charge in [-0.25, -0.2) is 0 Å². The van der Waals surface area contributed by atoms with Crippen molar-refractivity contribution in [2.75, 3.05) is 0 Å². The van der Waals surface area contributed by atoms with Crippen molar-refractivity contribution < 1.29 is 25.8 Å². The fourth-order valence-electron chi connectivity index (χ4n) is 13.8. The Morgan fingerprint density at radius 2 is 0.714 bits per heavy atom. The molecule has 432 valence electrons. The van der Waals surface area contributed by atoms with Crippen LogP contribution in [0, 0.1) is 12.1 Å². The average molecular weight is 1290 g/mol. The molecule has 8 aromatic carbocycles. The number of hydrogen-bond acceptors (Lipinski definition) is 3. The Hall–Kier alpha value is -6.81. The molecule has 0 aliphatic heterocycles. The van der Waals surface area contributed by atoms with Gasteiger partial charge in [0.2, 0.25) is 0 Å². The van der Waals surface area contributed by atoms with E-state index in [0.717, 1.165) is 44.8 Å². The third kappa shape index (κ3) is 10.4. The normalized spacial score (nSPS) is 15.9. The van der Waals surface area contributed by atoms with Gasteiger partial charge in [-0.2, -0.15) is 0 Å². The third-order valence-corrected chi connectivity index (χ3v) is 19.0. The number of benzene rings is 8. The van der Waals surface area contributed by atoms with E-state index < -0.39 is 0 Å². The minimum absolute atomic E-state index is 0. The van der Waals surface area contributed by atoms with Crippen LogP contribution in [0.3, 0.4) is 0 Å². The molecular weight excluding hydrogens is 1200 g/mol. The molecule has 0 saturated carbocycles. The first kappa shape index (κ1) is 58.9. The van der Waals surface area contributed by atoms with E-state index in [1.807, 2.05) is 12.1 Å². The molecule has 2 aliphatic carbocycles. The Morgan fingerprint density at radius 1 is 0.381 bits per heavy atom. The van der Waals surface area contributed by atoms with Crippen molar-refractivity contribution >= 4 is 22.1 Å². The van der Waals surface area contributed by atoms with Crippen molar-refractivity contribution in [1.29, 1.82) is 0 Å². The number of aromatic nitrogens is 4. The smallest absolute Gasteiger partial charge is 0.497 e. The first-order valence-electron chi connectivity index (χ1n) is 30.8. The van der Waals surface area contributed by atoms with E-state index >= 15 is 0 Å². The van der Waals surface area contributed by atoms with Gasteiger partial charge in [0, 0.05) is 22.9 Å². The van der Waals surface area contributed by atoms with E-state index in [4.69, 9.17) is 14.7 Å². The summed E-state index contributed by atoms with van der Waals surface area (Å²) in [5, 5.41) is 0. The number of nitrogens with zero attached hydrogens (tertiary/aromatic N) is 4. The van der Waals surface area contributed by atoms with Crippen molar-refractivity contribution in [2.45, 2.75) is 182 Å². The minimum atomic E-state index is 0. The van der Waals surface area contributed by atoms with Gasteiger partial charge in [-0.3, -0.25) is 9.97 Å². The zero-order valence-electron chi connectivity index (χ0n) is 52.5. The van der Waals surface area contributed by atoms with Gasteiger partial charge in [0.15, 0.2) is 0 Å². The SMILES string of the molecule is CC(C)c1cc(-c2ccc3c(c2)C(C)(C)CCC3(C)C)cc(C(C)C)c1-n1c(-c2[c-]c(Oc3[c-]c(-c4nc5ccccc5n4-c4c(C(C)C)cc(-c5ccc6c(c5)C(C)(C)CCC6(C)C)cc4C(C)C)ccc3)ccc2)nc2ccccc21.[Pt+2]. The van der Waals surface area contributed by atoms with Gasteiger partial charge < -0.3 is 13.9 Å². The topological polar surface area (TPSA) is 44.9 Å². The summed E-state index contributed by atoms with van der Waals surface area (Å²) in [6, 6.07) is 61.2. The summed E-state index contributed by atoms with van der Waals surface area (Å²) in [6.07, 6.45) is 4.76. The molecule has 84 heavy (non-hydrogen) atoms. The molecule has 6 heteroatoms. The van der Waals surface area contributed by atoms with Crippen molar-refractivity contribution in [1.82, 2.24) is 19.1 Å². The number of ether oxygens (including phenoxy) is 1. The first-order chi connectivity index (χ1) is 39.4. The van der Waals surface area contributed by atoms with Crippen LogP contribution >= 0.6 is 0 Å². The van der Waals surface area contributed by atoms with E-state index in [2.05, 4.69) is 266 Å². The zero-order chi connectivity index (χ0) is 58.7. The molecule has 0 unspecified atom stereocenters. The van der Waals surface area contributed by atoms with Crippen LogP contribution in [0.1, 0.15) is 205 Å². The predicted molar refractivity (Wildman–Crippen MR) is 349 cm³/mol. The van der Waals surface area contributed by atoms with Crippen LogP contribution in [0.15, 0.2) is 146 Å². The van der Waals surface area contributed by atoms with Crippen LogP contribution in [0.4, 0.5) is 0 Å². The molecular formula is C78H84N4OPt. The summed E-state index contributed by atoms with van der Waals surface area (Å²) in [6.45, 7) is 37.9. The molecule has 2 aliphatic rings. The van der Waals surface area contributed by atoms with E-state index in [-0.39, 0.29) is 66.4 Å². The minimum Gasteiger partial charge on any atom is -0.497 e. The molecule has 10 aromatic rings. The molecule has 0 bridgehead atoms. The van der Waals surface area contributed by atoms with Crippen molar-refractivity contribution in [2.24, 2.45) is 0 Å². The number of hydrogen-bond donors (Lipinski definition) is 0. The molecule has 5 nitrogen and oxygen atoms in total. The fourth-order valence-corrected chi connectivity index (χ4v) is 13.8. The quantitative estimate of drug-likeness (QED) is 0.115. The molecule has 0 N–H and O–H groups in total. The van der Waals surface area contributed by atoms with Crippen molar-refractivity contribution in [3.63, 3.8) is 0 Å². The standard InChI is InChI=1S/C78H84N4O.Pt/c1-47(2)59-41-55(51-31-33-63-65(45-51)77(13,14)37-35-75(63,9)10)42-60(48(3)4)71(59)81-69-29-19-17-27-67(69)79-73(81)53-23-21-25-57(39-53)83-58-26-22-24-54(40-58)74-80-68-28-18-20-30-70(68)82(74)72-61(49(5)6)43-56(44-62(72)50(7)8)52-32-34-64-66(46-52)78(15,16)38-36-76(64,11)12;/h17-34,41-50H,35-38H2,1-16H3;/q-2;+2. The summed E-state index contributed by atoms with van der Waals surface area (Å²) in [5.41, 5.74) is 24.8. The second-order valence-electron chi connectivity index (χ2n) is 28.2. The Morgan fingerprint density at radius 3 is 1.06 bits per heavy atom. The Labute approximate surface area is 515 Å². The third-order valence-electron chi connectivity index (χ3n) is 19.0. The molecule has 0 amide bonds. The van der Waals surface area contributed by atoms with Gasteiger partial charge in [0.1, 0.15) is 0 Å². The van der Waals surface area contributed by atoms with E-state index in [0.29, 0.717) is 11.5 Å².